The molecule has 3 rings (SSSR count). The monoisotopic (exact) mass is 289 g/mol. The van der Waals surface area contributed by atoms with E-state index in [1.54, 1.807) is 21.6 Å². The van der Waals surface area contributed by atoms with Crippen LogP contribution < -0.4 is 10.1 Å². The average Bonchev–Trinajstić information content (AvgIpc) is 3.04. The fourth-order valence-electron chi connectivity index (χ4n) is 2.47. The predicted octanol–water partition coefficient (Wildman–Crippen LogP) is 2.00. The van der Waals surface area contributed by atoms with E-state index in [1.165, 1.54) is 0 Å². The number of rotatable bonds is 3. The molecule has 1 aliphatic heterocycles. The number of fused-ring (bicyclic) bond motifs is 1. The molecule has 112 valence electrons. The van der Waals surface area contributed by atoms with E-state index in [2.05, 4.69) is 15.5 Å². The van der Waals surface area contributed by atoms with Gasteiger partial charge in [0.25, 0.3) is 5.91 Å². The predicted molar refractivity (Wildman–Crippen MR) is 77.6 cm³/mol. The number of aromatic nitrogens is 4. The molecule has 0 bridgehead atoms. The summed E-state index contributed by atoms with van der Waals surface area (Å²) in [6.07, 6.45) is 2.58. The van der Waals surface area contributed by atoms with Gasteiger partial charge in [-0.2, -0.15) is 10.2 Å². The van der Waals surface area contributed by atoms with Crippen LogP contribution in [-0.2, 0) is 6.54 Å². The maximum atomic E-state index is 12.4. The Bertz CT molecular complexity index is 671. The molecule has 0 saturated heterocycles. The molecule has 21 heavy (non-hydrogen) atoms. The summed E-state index contributed by atoms with van der Waals surface area (Å²) in [6, 6.07) is 1.95. The molecule has 0 aliphatic carbocycles. The average molecular weight is 289 g/mol. The van der Waals surface area contributed by atoms with E-state index in [0.29, 0.717) is 24.0 Å². The highest BCUT2D eigenvalue weighted by molar-refractivity contribution is 6.03. The van der Waals surface area contributed by atoms with Gasteiger partial charge >= 0.3 is 0 Å². The lowest BCUT2D eigenvalue weighted by atomic mass is 10.2. The first kappa shape index (κ1) is 13.7. The first-order valence-corrected chi connectivity index (χ1v) is 7.13. The van der Waals surface area contributed by atoms with Crippen molar-refractivity contribution < 1.29 is 9.53 Å². The molecule has 3 heterocycles. The first-order valence-electron chi connectivity index (χ1n) is 7.13. The summed E-state index contributed by atoms with van der Waals surface area (Å²) in [4.78, 5) is 12.4. The SMILES string of the molecule is Cc1c(C(=O)Nc2ccnn2C(C)C)nn2c1OCCC2. The molecule has 0 aromatic carbocycles. The van der Waals surface area contributed by atoms with Gasteiger partial charge in [-0.25, -0.2) is 9.36 Å². The normalized spacial score (nSPS) is 13.9. The molecule has 0 atom stereocenters. The topological polar surface area (TPSA) is 74.0 Å². The standard InChI is InChI=1S/C14H19N5O2/c1-9(2)19-11(5-6-15-19)16-13(20)12-10(3)14-18(17-12)7-4-8-21-14/h5-6,9H,4,7-8H2,1-3H3,(H,16,20). The van der Waals surface area contributed by atoms with Crippen LogP contribution in [0.1, 0.15) is 42.4 Å². The fraction of sp³-hybridized carbons (Fsp3) is 0.500. The lowest BCUT2D eigenvalue weighted by molar-refractivity contribution is 0.101. The number of anilines is 1. The van der Waals surface area contributed by atoms with E-state index < -0.39 is 0 Å². The van der Waals surface area contributed by atoms with Crippen LogP contribution in [0, 0.1) is 6.92 Å². The van der Waals surface area contributed by atoms with Crippen molar-refractivity contribution in [3.63, 3.8) is 0 Å². The highest BCUT2D eigenvalue weighted by Crippen LogP contribution is 2.25. The molecule has 0 unspecified atom stereocenters. The number of carbonyl (C=O) groups excluding carboxylic acids is 1. The third-order valence-electron chi connectivity index (χ3n) is 3.50. The molecule has 7 nitrogen and oxygen atoms in total. The Kier molecular flexibility index (Phi) is 3.40. The van der Waals surface area contributed by atoms with Crippen LogP contribution in [0.5, 0.6) is 5.88 Å². The molecule has 0 radical (unpaired) electrons. The molecule has 1 aliphatic rings. The number of amides is 1. The molecule has 0 saturated carbocycles. The molecule has 1 N–H and O–H groups in total. The summed E-state index contributed by atoms with van der Waals surface area (Å²) in [7, 11) is 0. The number of nitrogens with zero attached hydrogens (tertiary/aromatic N) is 4. The number of nitrogens with one attached hydrogen (secondary N) is 1. The summed E-state index contributed by atoms with van der Waals surface area (Å²) in [5.74, 6) is 1.13. The Hall–Kier alpha value is -2.31. The quantitative estimate of drug-likeness (QED) is 0.938. The summed E-state index contributed by atoms with van der Waals surface area (Å²) in [6.45, 7) is 7.34. The highest BCUT2D eigenvalue weighted by atomic mass is 16.5. The van der Waals surface area contributed by atoms with E-state index in [9.17, 15) is 4.79 Å². The van der Waals surface area contributed by atoms with Gasteiger partial charge in [-0.1, -0.05) is 0 Å². The molecular weight excluding hydrogens is 270 g/mol. The molecule has 0 fully saturated rings. The van der Waals surface area contributed by atoms with Gasteiger partial charge in [0.1, 0.15) is 5.82 Å². The van der Waals surface area contributed by atoms with Gasteiger partial charge in [0, 0.05) is 30.6 Å². The van der Waals surface area contributed by atoms with Gasteiger partial charge in [0.15, 0.2) is 5.69 Å². The summed E-state index contributed by atoms with van der Waals surface area (Å²) in [5.41, 5.74) is 1.19. The Morgan fingerprint density at radius 2 is 2.29 bits per heavy atom. The highest BCUT2D eigenvalue weighted by Gasteiger charge is 2.24. The molecule has 2 aromatic heterocycles. The van der Waals surface area contributed by atoms with Gasteiger partial charge in [-0.05, 0) is 20.8 Å². The number of ether oxygens (including phenoxy) is 1. The Morgan fingerprint density at radius 1 is 1.48 bits per heavy atom. The second kappa shape index (κ2) is 5.23. The van der Waals surface area contributed by atoms with Crippen LogP contribution in [0.3, 0.4) is 0 Å². The van der Waals surface area contributed by atoms with Crippen LogP contribution in [0.4, 0.5) is 5.82 Å². The van der Waals surface area contributed by atoms with E-state index >= 15 is 0 Å². The third-order valence-corrected chi connectivity index (χ3v) is 3.50. The number of carbonyl (C=O) groups is 1. The Labute approximate surface area is 122 Å². The Morgan fingerprint density at radius 3 is 3.00 bits per heavy atom. The van der Waals surface area contributed by atoms with Crippen molar-refractivity contribution in [3.05, 3.63) is 23.5 Å². The molecular formula is C14H19N5O2. The van der Waals surface area contributed by atoms with Crippen molar-refractivity contribution in [2.24, 2.45) is 0 Å². The number of aryl methyl sites for hydroxylation is 1. The van der Waals surface area contributed by atoms with Crippen LogP contribution in [-0.4, -0.2) is 32.1 Å². The first-order chi connectivity index (χ1) is 10.1. The van der Waals surface area contributed by atoms with Gasteiger partial charge in [0.05, 0.1) is 12.8 Å². The van der Waals surface area contributed by atoms with E-state index in [4.69, 9.17) is 4.74 Å². The molecule has 7 heteroatoms. The van der Waals surface area contributed by atoms with E-state index in [0.717, 1.165) is 18.5 Å². The van der Waals surface area contributed by atoms with Crippen molar-refractivity contribution in [1.82, 2.24) is 19.6 Å². The van der Waals surface area contributed by atoms with Gasteiger partial charge in [-0.15, -0.1) is 0 Å². The van der Waals surface area contributed by atoms with E-state index in [1.807, 2.05) is 20.8 Å². The lowest BCUT2D eigenvalue weighted by Crippen LogP contribution is -2.18. The Balaban J connectivity index is 1.86. The smallest absolute Gasteiger partial charge is 0.277 e. The van der Waals surface area contributed by atoms with Crippen molar-refractivity contribution >= 4 is 11.7 Å². The summed E-state index contributed by atoms with van der Waals surface area (Å²) in [5, 5.41) is 11.4. The van der Waals surface area contributed by atoms with Crippen LogP contribution in [0.25, 0.3) is 0 Å². The minimum Gasteiger partial charge on any atom is -0.478 e. The summed E-state index contributed by atoms with van der Waals surface area (Å²) < 4.78 is 9.11. The maximum Gasteiger partial charge on any atom is 0.277 e. The van der Waals surface area contributed by atoms with Crippen molar-refractivity contribution in [3.8, 4) is 5.88 Å². The molecule has 2 aromatic rings. The largest absolute Gasteiger partial charge is 0.478 e. The zero-order valence-corrected chi connectivity index (χ0v) is 12.5. The lowest BCUT2D eigenvalue weighted by Gasteiger charge is -2.14. The zero-order chi connectivity index (χ0) is 15.0. The van der Waals surface area contributed by atoms with Crippen molar-refractivity contribution in [2.45, 2.75) is 39.8 Å². The minimum atomic E-state index is -0.236. The van der Waals surface area contributed by atoms with Gasteiger partial charge in [0.2, 0.25) is 5.88 Å². The second-order valence-electron chi connectivity index (χ2n) is 5.41. The van der Waals surface area contributed by atoms with Crippen LogP contribution in [0.2, 0.25) is 0 Å². The van der Waals surface area contributed by atoms with Gasteiger partial charge < -0.3 is 10.1 Å². The number of hydrogen-bond donors (Lipinski definition) is 1. The zero-order valence-electron chi connectivity index (χ0n) is 12.5. The molecule has 0 spiro atoms. The second-order valence-corrected chi connectivity index (χ2v) is 5.41. The van der Waals surface area contributed by atoms with E-state index in [-0.39, 0.29) is 11.9 Å². The van der Waals surface area contributed by atoms with Crippen LogP contribution in [0.15, 0.2) is 12.3 Å². The minimum absolute atomic E-state index is 0.176. The maximum absolute atomic E-state index is 12.4. The third kappa shape index (κ3) is 2.39. The number of hydrogen-bond acceptors (Lipinski definition) is 4. The van der Waals surface area contributed by atoms with Gasteiger partial charge in [-0.3, -0.25) is 4.79 Å². The van der Waals surface area contributed by atoms with Crippen LogP contribution >= 0.6 is 0 Å². The fourth-order valence-corrected chi connectivity index (χ4v) is 2.47. The van der Waals surface area contributed by atoms with Crippen molar-refractivity contribution in [2.75, 3.05) is 11.9 Å². The van der Waals surface area contributed by atoms with Crippen molar-refractivity contribution in [1.29, 1.82) is 0 Å². The molecule has 1 amide bonds. The summed E-state index contributed by atoms with van der Waals surface area (Å²) >= 11 is 0.